The molecular formula is C10H20N4O. The van der Waals surface area contributed by atoms with E-state index >= 15 is 0 Å². The number of carbonyl (C=O) groups excluding carboxylic acids is 1. The van der Waals surface area contributed by atoms with Crippen LogP contribution in [0.1, 0.15) is 27.7 Å². The summed E-state index contributed by atoms with van der Waals surface area (Å²) in [6.07, 6.45) is 0. The first-order valence-corrected chi connectivity index (χ1v) is 5.25. The van der Waals surface area contributed by atoms with E-state index in [2.05, 4.69) is 20.9 Å². The molecular weight excluding hydrogens is 192 g/mol. The van der Waals surface area contributed by atoms with Crippen molar-refractivity contribution in [3.05, 3.63) is 0 Å². The Kier molecular flexibility index (Phi) is 3.55. The van der Waals surface area contributed by atoms with Gasteiger partial charge in [-0.1, -0.05) is 0 Å². The molecule has 0 aromatic rings. The average molecular weight is 212 g/mol. The molecule has 1 unspecified atom stereocenters. The molecule has 0 bridgehead atoms. The molecule has 15 heavy (non-hydrogen) atoms. The summed E-state index contributed by atoms with van der Waals surface area (Å²) in [5.41, 5.74) is -0.196. The van der Waals surface area contributed by atoms with Crippen molar-refractivity contribution < 1.29 is 4.79 Å². The summed E-state index contributed by atoms with van der Waals surface area (Å²) < 4.78 is 0. The monoisotopic (exact) mass is 212 g/mol. The van der Waals surface area contributed by atoms with Crippen LogP contribution in [-0.2, 0) is 4.79 Å². The van der Waals surface area contributed by atoms with Crippen molar-refractivity contribution in [2.45, 2.75) is 39.3 Å². The van der Waals surface area contributed by atoms with Crippen LogP contribution < -0.4 is 16.0 Å². The minimum atomic E-state index is -0.270. The number of guanidine groups is 1. The summed E-state index contributed by atoms with van der Waals surface area (Å²) in [5, 5.41) is 9.00. The topological polar surface area (TPSA) is 65.5 Å². The Morgan fingerprint density at radius 1 is 1.53 bits per heavy atom. The fourth-order valence-corrected chi connectivity index (χ4v) is 1.24. The van der Waals surface area contributed by atoms with Gasteiger partial charge < -0.3 is 16.0 Å². The molecule has 86 valence electrons. The molecule has 0 saturated heterocycles. The third kappa shape index (κ3) is 4.18. The standard InChI is InChI=1S/C10H20N4O/c1-7(8(15)14-10(2,3)4)13-9-11-5-6-12-9/h7H,5-6H2,1-4H3,(H,14,15)(H2,11,12,13). The number of rotatable bonds is 2. The first-order valence-electron chi connectivity index (χ1n) is 5.25. The van der Waals surface area contributed by atoms with Crippen molar-refractivity contribution in [1.29, 1.82) is 0 Å². The van der Waals surface area contributed by atoms with Gasteiger partial charge in [0.1, 0.15) is 6.04 Å². The Labute approximate surface area is 90.7 Å². The number of nitrogens with zero attached hydrogens (tertiary/aromatic N) is 1. The van der Waals surface area contributed by atoms with Crippen LogP contribution in [0.2, 0.25) is 0 Å². The molecule has 1 amide bonds. The van der Waals surface area contributed by atoms with E-state index in [-0.39, 0.29) is 17.5 Å². The number of amides is 1. The van der Waals surface area contributed by atoms with Crippen LogP contribution >= 0.6 is 0 Å². The maximum Gasteiger partial charge on any atom is 0.242 e. The van der Waals surface area contributed by atoms with Gasteiger partial charge in [0, 0.05) is 12.1 Å². The fourth-order valence-electron chi connectivity index (χ4n) is 1.24. The molecule has 0 fully saturated rings. The summed E-state index contributed by atoms with van der Waals surface area (Å²) in [7, 11) is 0. The number of hydrogen-bond acceptors (Lipinski definition) is 4. The molecule has 0 spiro atoms. The highest BCUT2D eigenvalue weighted by atomic mass is 16.2. The SMILES string of the molecule is CC(NC1=NCCN1)C(=O)NC(C)(C)C. The largest absolute Gasteiger partial charge is 0.355 e. The van der Waals surface area contributed by atoms with E-state index in [0.717, 1.165) is 13.1 Å². The average Bonchev–Trinajstić information content (AvgIpc) is 2.53. The number of aliphatic imine (C=N–C) groups is 1. The molecule has 5 heteroatoms. The van der Waals surface area contributed by atoms with E-state index in [4.69, 9.17) is 0 Å². The second-order valence-corrected chi connectivity index (χ2v) is 4.76. The van der Waals surface area contributed by atoms with Gasteiger partial charge in [0.25, 0.3) is 0 Å². The van der Waals surface area contributed by atoms with E-state index in [1.165, 1.54) is 0 Å². The van der Waals surface area contributed by atoms with Crippen LogP contribution in [0, 0.1) is 0 Å². The lowest BCUT2D eigenvalue weighted by Crippen LogP contribution is -2.52. The highest BCUT2D eigenvalue weighted by Crippen LogP contribution is 1.99. The van der Waals surface area contributed by atoms with Gasteiger partial charge in [-0.25, -0.2) is 0 Å². The minimum Gasteiger partial charge on any atom is -0.355 e. The van der Waals surface area contributed by atoms with Gasteiger partial charge in [0.15, 0.2) is 5.96 Å². The van der Waals surface area contributed by atoms with Gasteiger partial charge in [0.05, 0.1) is 6.54 Å². The summed E-state index contributed by atoms with van der Waals surface area (Å²) in [5.74, 6) is 0.699. The van der Waals surface area contributed by atoms with E-state index in [1.54, 1.807) is 0 Å². The molecule has 1 atom stereocenters. The smallest absolute Gasteiger partial charge is 0.242 e. The van der Waals surface area contributed by atoms with Crippen LogP contribution in [0.5, 0.6) is 0 Å². The van der Waals surface area contributed by atoms with Crippen LogP contribution in [0.4, 0.5) is 0 Å². The van der Waals surface area contributed by atoms with Crippen molar-refractivity contribution >= 4 is 11.9 Å². The summed E-state index contributed by atoms with van der Waals surface area (Å²) in [6, 6.07) is -0.270. The molecule has 0 aromatic carbocycles. The molecule has 0 aromatic heterocycles. The van der Waals surface area contributed by atoms with Crippen LogP contribution in [0.3, 0.4) is 0 Å². The Morgan fingerprint density at radius 3 is 2.67 bits per heavy atom. The normalized spacial score (nSPS) is 17.7. The Morgan fingerprint density at radius 2 is 2.20 bits per heavy atom. The van der Waals surface area contributed by atoms with Crippen molar-refractivity contribution in [2.24, 2.45) is 4.99 Å². The van der Waals surface area contributed by atoms with Gasteiger partial charge in [-0.05, 0) is 27.7 Å². The van der Waals surface area contributed by atoms with E-state index in [9.17, 15) is 4.79 Å². The van der Waals surface area contributed by atoms with Gasteiger partial charge in [-0.3, -0.25) is 9.79 Å². The van der Waals surface area contributed by atoms with Crippen molar-refractivity contribution in [1.82, 2.24) is 16.0 Å². The maximum atomic E-state index is 11.7. The fraction of sp³-hybridized carbons (Fsp3) is 0.800. The first-order chi connectivity index (χ1) is 6.88. The first kappa shape index (κ1) is 11.8. The van der Waals surface area contributed by atoms with Crippen molar-refractivity contribution in [2.75, 3.05) is 13.1 Å². The molecule has 1 aliphatic heterocycles. The number of nitrogens with one attached hydrogen (secondary N) is 3. The summed E-state index contributed by atoms with van der Waals surface area (Å²) >= 11 is 0. The van der Waals surface area contributed by atoms with Gasteiger partial charge in [-0.2, -0.15) is 0 Å². The Bertz CT molecular complexity index is 267. The number of hydrogen-bond donors (Lipinski definition) is 3. The highest BCUT2D eigenvalue weighted by molar-refractivity contribution is 5.89. The van der Waals surface area contributed by atoms with E-state index in [0.29, 0.717) is 5.96 Å². The van der Waals surface area contributed by atoms with E-state index in [1.807, 2.05) is 27.7 Å². The third-order valence-corrected chi connectivity index (χ3v) is 1.92. The summed E-state index contributed by atoms with van der Waals surface area (Å²) in [6.45, 7) is 9.32. The molecule has 0 radical (unpaired) electrons. The quantitative estimate of drug-likeness (QED) is 0.596. The van der Waals surface area contributed by atoms with Crippen LogP contribution in [0.25, 0.3) is 0 Å². The predicted octanol–water partition coefficient (Wildman–Crippen LogP) is -0.162. The van der Waals surface area contributed by atoms with E-state index < -0.39 is 0 Å². The zero-order valence-electron chi connectivity index (χ0n) is 9.85. The Hall–Kier alpha value is -1.26. The molecule has 0 aliphatic carbocycles. The molecule has 5 nitrogen and oxygen atoms in total. The van der Waals surface area contributed by atoms with Crippen LogP contribution in [0.15, 0.2) is 4.99 Å². The second-order valence-electron chi connectivity index (χ2n) is 4.76. The lowest BCUT2D eigenvalue weighted by Gasteiger charge is -2.24. The number of carbonyl (C=O) groups is 1. The van der Waals surface area contributed by atoms with Crippen molar-refractivity contribution in [3.63, 3.8) is 0 Å². The van der Waals surface area contributed by atoms with Gasteiger partial charge in [0.2, 0.25) is 5.91 Å². The minimum absolute atomic E-state index is 0.0149. The second kappa shape index (κ2) is 4.51. The molecule has 1 heterocycles. The molecule has 1 rings (SSSR count). The molecule has 0 saturated carbocycles. The third-order valence-electron chi connectivity index (χ3n) is 1.92. The molecule has 1 aliphatic rings. The highest BCUT2D eigenvalue weighted by Gasteiger charge is 2.20. The maximum absolute atomic E-state index is 11.7. The Balaban J connectivity index is 2.39. The zero-order chi connectivity index (χ0) is 11.5. The van der Waals surface area contributed by atoms with Crippen LogP contribution in [-0.4, -0.2) is 36.5 Å². The lowest BCUT2D eigenvalue weighted by molar-refractivity contribution is -0.123. The van der Waals surface area contributed by atoms with Gasteiger partial charge >= 0.3 is 0 Å². The predicted molar refractivity (Wildman–Crippen MR) is 60.8 cm³/mol. The van der Waals surface area contributed by atoms with Crippen molar-refractivity contribution in [3.8, 4) is 0 Å². The van der Waals surface area contributed by atoms with Gasteiger partial charge in [-0.15, -0.1) is 0 Å². The summed E-state index contributed by atoms with van der Waals surface area (Å²) in [4.78, 5) is 15.9. The molecule has 3 N–H and O–H groups in total. The lowest BCUT2D eigenvalue weighted by atomic mass is 10.1. The zero-order valence-corrected chi connectivity index (χ0v) is 9.85.